The van der Waals surface area contributed by atoms with Gasteiger partial charge in [-0.2, -0.15) is 0 Å². The Morgan fingerprint density at radius 2 is 1.80 bits per heavy atom. The highest BCUT2D eigenvalue weighted by molar-refractivity contribution is 4.69. The first kappa shape index (κ1) is 12.9. The molecular weight excluding hydrogens is 188 g/mol. The lowest BCUT2D eigenvalue weighted by molar-refractivity contribution is 0.253. The molecule has 3 N–H and O–H groups in total. The Morgan fingerprint density at radius 1 is 1.07 bits per heavy atom. The average Bonchev–Trinajstić information content (AvgIpc) is 2.32. The average molecular weight is 214 g/mol. The van der Waals surface area contributed by atoms with E-state index in [1.807, 2.05) is 0 Å². The van der Waals surface area contributed by atoms with E-state index in [-0.39, 0.29) is 0 Å². The van der Waals surface area contributed by atoms with E-state index in [2.05, 4.69) is 34.7 Å². The highest BCUT2D eigenvalue weighted by Gasteiger charge is 2.04. The second-order valence-electron chi connectivity index (χ2n) is 4.24. The van der Waals surface area contributed by atoms with Crippen LogP contribution in [0.5, 0.6) is 0 Å². The van der Waals surface area contributed by atoms with Crippen LogP contribution in [0.25, 0.3) is 0 Å². The van der Waals surface area contributed by atoms with Crippen molar-refractivity contribution < 1.29 is 0 Å². The number of nitrogens with zero attached hydrogens (tertiary/aromatic N) is 1. The number of hydrogen-bond donors (Lipinski definition) is 3. The van der Waals surface area contributed by atoms with E-state index in [0.29, 0.717) is 6.04 Å². The van der Waals surface area contributed by atoms with Gasteiger partial charge in [0.15, 0.2) is 0 Å². The molecule has 0 aromatic rings. The van der Waals surface area contributed by atoms with Crippen molar-refractivity contribution in [1.82, 2.24) is 20.9 Å². The monoisotopic (exact) mass is 214 g/mol. The number of rotatable bonds is 1. The predicted octanol–water partition coefficient (Wildman–Crippen LogP) is -0.521. The lowest BCUT2D eigenvalue weighted by Crippen LogP contribution is -2.46. The Labute approximate surface area is 93.8 Å². The van der Waals surface area contributed by atoms with E-state index in [4.69, 9.17) is 0 Å². The summed E-state index contributed by atoms with van der Waals surface area (Å²) in [6.45, 7) is 13.8. The summed E-state index contributed by atoms with van der Waals surface area (Å²) in [6.07, 6.45) is 0. The van der Waals surface area contributed by atoms with Crippen LogP contribution in [0.1, 0.15) is 13.8 Å². The maximum atomic E-state index is 3.32. The van der Waals surface area contributed by atoms with Crippen molar-refractivity contribution >= 4 is 0 Å². The van der Waals surface area contributed by atoms with Crippen LogP contribution in [0.3, 0.4) is 0 Å². The molecule has 90 valence electrons. The number of hydrogen-bond acceptors (Lipinski definition) is 4. The van der Waals surface area contributed by atoms with Gasteiger partial charge in [0, 0.05) is 51.9 Å². The Morgan fingerprint density at radius 3 is 2.13 bits per heavy atom. The molecule has 2 heterocycles. The van der Waals surface area contributed by atoms with Crippen LogP contribution in [0.2, 0.25) is 0 Å². The molecule has 0 aromatic heterocycles. The van der Waals surface area contributed by atoms with E-state index in [1.165, 1.54) is 32.7 Å². The second-order valence-corrected chi connectivity index (χ2v) is 4.24. The molecule has 0 radical (unpaired) electrons. The zero-order valence-electron chi connectivity index (χ0n) is 10.2. The van der Waals surface area contributed by atoms with E-state index in [0.717, 1.165) is 19.6 Å². The van der Waals surface area contributed by atoms with E-state index < -0.39 is 0 Å². The molecule has 0 aliphatic carbocycles. The first-order chi connectivity index (χ1) is 7.33. The smallest absolute Gasteiger partial charge is 0.0164 e. The van der Waals surface area contributed by atoms with Crippen molar-refractivity contribution in [3.63, 3.8) is 0 Å². The maximum absolute atomic E-state index is 3.32. The third kappa shape index (κ3) is 6.10. The fraction of sp³-hybridized carbons (Fsp3) is 1.00. The molecule has 1 unspecified atom stereocenters. The summed E-state index contributed by atoms with van der Waals surface area (Å²) < 4.78 is 0. The van der Waals surface area contributed by atoms with E-state index >= 15 is 0 Å². The number of likely N-dealkylation sites (N-methyl/N-ethyl adjacent to an activating group) is 1. The number of piperazine rings is 2. The van der Waals surface area contributed by atoms with E-state index in [9.17, 15) is 0 Å². The molecule has 15 heavy (non-hydrogen) atoms. The molecule has 2 aliphatic rings. The Kier molecular flexibility index (Phi) is 6.92. The molecule has 0 amide bonds. The third-order valence-corrected chi connectivity index (χ3v) is 2.90. The van der Waals surface area contributed by atoms with Gasteiger partial charge in [0.25, 0.3) is 0 Å². The first-order valence-corrected chi connectivity index (χ1v) is 6.20. The van der Waals surface area contributed by atoms with Crippen LogP contribution in [0.4, 0.5) is 0 Å². The van der Waals surface area contributed by atoms with Crippen LogP contribution in [-0.4, -0.2) is 63.3 Å². The van der Waals surface area contributed by atoms with Gasteiger partial charge in [0.2, 0.25) is 0 Å². The van der Waals surface area contributed by atoms with Gasteiger partial charge in [-0.25, -0.2) is 0 Å². The summed E-state index contributed by atoms with van der Waals surface area (Å²) >= 11 is 0. The summed E-state index contributed by atoms with van der Waals surface area (Å²) in [5.74, 6) is 0. The molecular formula is C11H26N4. The molecule has 4 heteroatoms. The van der Waals surface area contributed by atoms with Gasteiger partial charge in [0.05, 0.1) is 0 Å². The van der Waals surface area contributed by atoms with Crippen LogP contribution in [-0.2, 0) is 0 Å². The highest BCUT2D eigenvalue weighted by Crippen LogP contribution is 1.88. The molecule has 1 atom stereocenters. The second kappa shape index (κ2) is 8.05. The molecule has 0 spiro atoms. The first-order valence-electron chi connectivity index (χ1n) is 6.20. The zero-order chi connectivity index (χ0) is 10.9. The SMILES string of the molecule is CC1CNCCN1.CCN1CCNCC1. The minimum absolute atomic E-state index is 0.675. The largest absolute Gasteiger partial charge is 0.314 e. The minimum atomic E-state index is 0.675. The standard InChI is InChI=1S/C6H14N2.C5H12N2/c1-2-8-5-3-7-4-6-8;1-5-4-6-2-3-7-5/h7H,2-6H2,1H3;5-7H,2-4H2,1H3. The number of nitrogens with one attached hydrogen (secondary N) is 3. The lowest BCUT2D eigenvalue weighted by atomic mass is 10.3. The maximum Gasteiger partial charge on any atom is 0.0164 e. The summed E-state index contributed by atoms with van der Waals surface area (Å²) in [4.78, 5) is 2.45. The summed E-state index contributed by atoms with van der Waals surface area (Å²) in [7, 11) is 0. The van der Waals surface area contributed by atoms with Crippen LogP contribution in [0.15, 0.2) is 0 Å². The molecule has 2 aliphatic heterocycles. The van der Waals surface area contributed by atoms with Gasteiger partial charge < -0.3 is 20.9 Å². The fourth-order valence-electron chi connectivity index (χ4n) is 1.83. The highest BCUT2D eigenvalue weighted by atomic mass is 15.2. The van der Waals surface area contributed by atoms with Gasteiger partial charge >= 0.3 is 0 Å². The van der Waals surface area contributed by atoms with Crippen molar-refractivity contribution in [1.29, 1.82) is 0 Å². The van der Waals surface area contributed by atoms with Crippen molar-refractivity contribution in [3.8, 4) is 0 Å². The van der Waals surface area contributed by atoms with Crippen LogP contribution in [0, 0.1) is 0 Å². The zero-order valence-corrected chi connectivity index (χ0v) is 10.2. The minimum Gasteiger partial charge on any atom is -0.314 e. The van der Waals surface area contributed by atoms with Gasteiger partial charge in [-0.05, 0) is 13.5 Å². The van der Waals surface area contributed by atoms with Crippen molar-refractivity contribution in [2.75, 3.05) is 52.4 Å². The summed E-state index contributed by atoms with van der Waals surface area (Å²) in [6, 6.07) is 0.675. The van der Waals surface area contributed by atoms with Crippen molar-refractivity contribution in [2.45, 2.75) is 19.9 Å². The normalized spacial score (nSPS) is 28.0. The Hall–Kier alpha value is -0.160. The quantitative estimate of drug-likeness (QED) is 0.549. The molecule has 4 nitrogen and oxygen atoms in total. The van der Waals surface area contributed by atoms with Crippen LogP contribution >= 0.6 is 0 Å². The van der Waals surface area contributed by atoms with Gasteiger partial charge in [0.1, 0.15) is 0 Å². The Bertz CT molecular complexity index is 140. The molecule has 0 bridgehead atoms. The molecule has 2 fully saturated rings. The summed E-state index contributed by atoms with van der Waals surface area (Å²) in [5.41, 5.74) is 0. The van der Waals surface area contributed by atoms with Gasteiger partial charge in [-0.3, -0.25) is 0 Å². The van der Waals surface area contributed by atoms with E-state index in [1.54, 1.807) is 0 Å². The summed E-state index contributed by atoms with van der Waals surface area (Å²) in [5, 5.41) is 9.90. The molecule has 0 saturated carbocycles. The van der Waals surface area contributed by atoms with Gasteiger partial charge in [-0.15, -0.1) is 0 Å². The van der Waals surface area contributed by atoms with Crippen molar-refractivity contribution in [3.05, 3.63) is 0 Å². The molecule has 0 aromatic carbocycles. The third-order valence-electron chi connectivity index (χ3n) is 2.90. The lowest BCUT2D eigenvalue weighted by Gasteiger charge is -2.25. The fourth-order valence-corrected chi connectivity index (χ4v) is 1.83. The topological polar surface area (TPSA) is 39.3 Å². The molecule has 2 saturated heterocycles. The molecule has 2 rings (SSSR count). The van der Waals surface area contributed by atoms with Crippen LogP contribution < -0.4 is 16.0 Å². The van der Waals surface area contributed by atoms with Crippen molar-refractivity contribution in [2.24, 2.45) is 0 Å². The van der Waals surface area contributed by atoms with Gasteiger partial charge in [-0.1, -0.05) is 6.92 Å². The predicted molar refractivity (Wildman–Crippen MR) is 65.3 cm³/mol. The Balaban J connectivity index is 0.000000151.